The first-order chi connectivity index (χ1) is 9.95. The monoisotopic (exact) mass is 352 g/mol. The minimum Gasteiger partial charge on any atom is -0.476 e. The number of nitrogens with zero attached hydrogens (tertiary/aromatic N) is 2. The van der Waals surface area contributed by atoms with E-state index in [1.54, 1.807) is 37.5 Å². The lowest BCUT2D eigenvalue weighted by molar-refractivity contribution is 0.286. The second-order valence-electron chi connectivity index (χ2n) is 4.76. The number of anilines is 2. The zero-order valence-corrected chi connectivity index (χ0v) is 13.4. The summed E-state index contributed by atoms with van der Waals surface area (Å²) in [7, 11) is 1.69. The molecule has 0 unspecified atom stereocenters. The van der Waals surface area contributed by atoms with E-state index in [1.165, 1.54) is 4.57 Å². The summed E-state index contributed by atoms with van der Waals surface area (Å²) < 4.78 is 7.75. The summed E-state index contributed by atoms with van der Waals surface area (Å²) in [6.45, 7) is 2.24. The molecule has 0 aliphatic carbocycles. The van der Waals surface area contributed by atoms with E-state index in [1.807, 2.05) is 6.92 Å². The van der Waals surface area contributed by atoms with Gasteiger partial charge in [-0.3, -0.25) is 4.79 Å². The van der Waals surface area contributed by atoms with Crippen LogP contribution < -0.4 is 21.3 Å². The quantitative estimate of drug-likeness (QED) is 0.859. The van der Waals surface area contributed by atoms with Gasteiger partial charge in [0.15, 0.2) is 0 Å². The molecule has 0 spiro atoms. The predicted molar refractivity (Wildman–Crippen MR) is 86.0 cm³/mol. The van der Waals surface area contributed by atoms with Gasteiger partial charge in [0.1, 0.15) is 18.1 Å². The Balaban J connectivity index is 2.20. The molecule has 0 aliphatic heterocycles. The third kappa shape index (κ3) is 4.30. The first-order valence-corrected chi connectivity index (χ1v) is 7.23. The molecule has 2 aromatic heterocycles. The van der Waals surface area contributed by atoms with Gasteiger partial charge in [-0.2, -0.15) is 4.98 Å². The van der Waals surface area contributed by atoms with Crippen LogP contribution >= 0.6 is 15.9 Å². The summed E-state index contributed by atoms with van der Waals surface area (Å²) in [5, 5.41) is 3.00. The molecule has 0 bridgehead atoms. The molecular weight excluding hydrogens is 336 g/mol. The second-order valence-corrected chi connectivity index (χ2v) is 5.68. The van der Waals surface area contributed by atoms with Crippen LogP contribution in [0.25, 0.3) is 0 Å². The van der Waals surface area contributed by atoms with Crippen LogP contribution in [0.15, 0.2) is 39.7 Å². The number of nitrogens with two attached hydrogens (primary N) is 1. The summed E-state index contributed by atoms with van der Waals surface area (Å²) in [5.41, 5.74) is 5.93. The summed E-state index contributed by atoms with van der Waals surface area (Å²) in [5.74, 6) is 0.997. The number of hydrogen-bond donors (Lipinski definition) is 2. The minimum absolute atomic E-state index is 0.0687. The van der Waals surface area contributed by atoms with Crippen LogP contribution in [0, 0.1) is 0 Å². The van der Waals surface area contributed by atoms with Gasteiger partial charge in [0.2, 0.25) is 5.88 Å². The Kier molecular flexibility index (Phi) is 4.98. The molecule has 2 heterocycles. The minimum atomic E-state index is -0.137. The Morgan fingerprint density at radius 1 is 1.52 bits per heavy atom. The van der Waals surface area contributed by atoms with Gasteiger partial charge < -0.3 is 20.4 Å². The lowest BCUT2D eigenvalue weighted by atomic mass is 10.3. The molecule has 21 heavy (non-hydrogen) atoms. The maximum Gasteiger partial charge on any atom is 0.274 e. The fourth-order valence-corrected chi connectivity index (χ4v) is 2.22. The number of rotatable bonds is 5. The van der Waals surface area contributed by atoms with Crippen molar-refractivity contribution in [2.45, 2.75) is 13.0 Å². The average Bonchev–Trinajstić information content (AvgIpc) is 2.42. The Morgan fingerprint density at radius 3 is 3.00 bits per heavy atom. The molecule has 6 nitrogen and oxygen atoms in total. The number of hydrogen-bond acceptors (Lipinski definition) is 5. The van der Waals surface area contributed by atoms with Crippen LogP contribution in [0.4, 0.5) is 11.5 Å². The van der Waals surface area contributed by atoms with E-state index in [0.29, 0.717) is 24.0 Å². The van der Waals surface area contributed by atoms with Gasteiger partial charge >= 0.3 is 0 Å². The molecule has 0 radical (unpaired) electrons. The van der Waals surface area contributed by atoms with Gasteiger partial charge in [-0.05, 0) is 35.0 Å². The van der Waals surface area contributed by atoms with Crippen LogP contribution in [0.5, 0.6) is 5.88 Å². The smallest absolute Gasteiger partial charge is 0.274 e. The number of pyridine rings is 2. The highest BCUT2D eigenvalue weighted by atomic mass is 79.9. The summed E-state index contributed by atoms with van der Waals surface area (Å²) >= 11 is 3.36. The number of nitrogens with one attached hydrogen (secondary N) is 1. The average molecular weight is 353 g/mol. The van der Waals surface area contributed by atoms with E-state index in [4.69, 9.17) is 10.5 Å². The largest absolute Gasteiger partial charge is 0.476 e. The van der Waals surface area contributed by atoms with Crippen LogP contribution in [-0.2, 0) is 7.05 Å². The molecule has 3 N–H and O–H groups in total. The van der Waals surface area contributed by atoms with Crippen LogP contribution in [0.1, 0.15) is 6.92 Å². The highest BCUT2D eigenvalue weighted by molar-refractivity contribution is 9.10. The molecule has 0 aliphatic rings. The van der Waals surface area contributed by atoms with Crippen molar-refractivity contribution < 1.29 is 4.74 Å². The molecule has 0 fully saturated rings. The van der Waals surface area contributed by atoms with E-state index in [-0.39, 0.29) is 11.6 Å². The number of ether oxygens (including phenoxy) is 1. The van der Waals surface area contributed by atoms with Crippen molar-refractivity contribution in [3.8, 4) is 5.88 Å². The molecule has 112 valence electrons. The Bertz CT molecular complexity index is 685. The van der Waals surface area contributed by atoms with Gasteiger partial charge in [-0.1, -0.05) is 6.07 Å². The Hall–Kier alpha value is -1.86. The molecular formula is C14H17BrN4O2. The second kappa shape index (κ2) is 6.73. The van der Waals surface area contributed by atoms with Gasteiger partial charge in [-0.15, -0.1) is 0 Å². The highest BCUT2D eigenvalue weighted by Gasteiger charge is 2.06. The van der Waals surface area contributed by atoms with E-state index >= 15 is 0 Å². The van der Waals surface area contributed by atoms with E-state index in [0.717, 1.165) is 4.47 Å². The predicted octanol–water partition coefficient (Wildman–Crippen LogP) is 2.01. The molecule has 0 saturated carbocycles. The first kappa shape index (κ1) is 15.5. The first-order valence-electron chi connectivity index (χ1n) is 6.44. The molecule has 1 atom stereocenters. The van der Waals surface area contributed by atoms with Crippen molar-refractivity contribution in [2.75, 3.05) is 11.9 Å². The zero-order chi connectivity index (χ0) is 15.4. The molecule has 0 aromatic carbocycles. The SMILES string of the molecule is C[C@H](N)COc1cccc(Nc2cc(Br)cn(C)c2=O)n1. The summed E-state index contributed by atoms with van der Waals surface area (Å²) in [6, 6.07) is 6.94. The van der Waals surface area contributed by atoms with Gasteiger partial charge in [0, 0.05) is 29.8 Å². The Morgan fingerprint density at radius 2 is 2.29 bits per heavy atom. The van der Waals surface area contributed by atoms with Gasteiger partial charge in [-0.25, -0.2) is 0 Å². The number of aromatic nitrogens is 2. The Labute approximate surface area is 131 Å². The van der Waals surface area contributed by atoms with Crippen molar-refractivity contribution in [2.24, 2.45) is 12.8 Å². The van der Waals surface area contributed by atoms with Gasteiger partial charge in [0.05, 0.1) is 0 Å². The third-order valence-electron chi connectivity index (χ3n) is 2.63. The highest BCUT2D eigenvalue weighted by Crippen LogP contribution is 2.17. The summed E-state index contributed by atoms with van der Waals surface area (Å²) in [6.07, 6.45) is 1.70. The molecule has 7 heteroatoms. The van der Waals surface area contributed by atoms with E-state index in [9.17, 15) is 4.79 Å². The standard InChI is InChI=1S/C14H17BrN4O2/c1-9(16)8-21-13-5-3-4-12(18-13)17-11-6-10(15)7-19(2)14(11)20/h3-7,9H,8,16H2,1-2H3,(H,17,18)/t9-/m0/s1. The normalized spacial score (nSPS) is 12.0. The van der Waals surface area contributed by atoms with Crippen LogP contribution in [0.3, 0.4) is 0 Å². The van der Waals surface area contributed by atoms with Crippen molar-refractivity contribution in [1.82, 2.24) is 9.55 Å². The van der Waals surface area contributed by atoms with E-state index in [2.05, 4.69) is 26.2 Å². The lowest BCUT2D eigenvalue weighted by Gasteiger charge is -2.10. The van der Waals surface area contributed by atoms with Crippen molar-refractivity contribution in [3.63, 3.8) is 0 Å². The maximum absolute atomic E-state index is 12.0. The molecule has 2 aromatic rings. The van der Waals surface area contributed by atoms with Crippen LogP contribution in [0.2, 0.25) is 0 Å². The maximum atomic E-state index is 12.0. The summed E-state index contributed by atoms with van der Waals surface area (Å²) in [4.78, 5) is 16.3. The lowest BCUT2D eigenvalue weighted by Crippen LogP contribution is -2.24. The van der Waals surface area contributed by atoms with Crippen molar-refractivity contribution >= 4 is 27.4 Å². The van der Waals surface area contributed by atoms with Crippen molar-refractivity contribution in [3.05, 3.63) is 45.3 Å². The van der Waals surface area contributed by atoms with Crippen LogP contribution in [-0.4, -0.2) is 22.2 Å². The van der Waals surface area contributed by atoms with E-state index < -0.39 is 0 Å². The third-order valence-corrected chi connectivity index (χ3v) is 3.06. The molecule has 2 rings (SSSR count). The zero-order valence-electron chi connectivity index (χ0n) is 11.8. The molecule has 0 saturated heterocycles. The molecule has 0 amide bonds. The number of aryl methyl sites for hydroxylation is 1. The van der Waals surface area contributed by atoms with Gasteiger partial charge in [0.25, 0.3) is 5.56 Å². The van der Waals surface area contributed by atoms with Crippen molar-refractivity contribution in [1.29, 1.82) is 0 Å². The fraction of sp³-hybridized carbons (Fsp3) is 0.286. The topological polar surface area (TPSA) is 82.2 Å². The number of halogens is 1. The fourth-order valence-electron chi connectivity index (χ4n) is 1.68.